The van der Waals surface area contributed by atoms with Gasteiger partial charge in [-0.25, -0.2) is 0 Å². The van der Waals surface area contributed by atoms with E-state index < -0.39 is 0 Å². The maximum atomic E-state index is 9.67. The fourth-order valence-corrected chi connectivity index (χ4v) is 2.64. The fourth-order valence-electron chi connectivity index (χ4n) is 2.09. The van der Waals surface area contributed by atoms with Crippen LogP contribution in [-0.2, 0) is 0 Å². The van der Waals surface area contributed by atoms with Crippen LogP contribution in [0.3, 0.4) is 0 Å². The van der Waals surface area contributed by atoms with Crippen LogP contribution in [0.4, 0.5) is 5.69 Å². The second-order valence-corrected chi connectivity index (χ2v) is 5.33. The quantitative estimate of drug-likeness (QED) is 0.834. The lowest BCUT2D eigenvalue weighted by Gasteiger charge is -2.20. The van der Waals surface area contributed by atoms with Gasteiger partial charge in [0.05, 0.1) is 37.0 Å². The Morgan fingerprint density at radius 1 is 1.10 bits per heavy atom. The predicted molar refractivity (Wildman–Crippen MR) is 87.1 cm³/mol. The van der Waals surface area contributed by atoms with Crippen molar-refractivity contribution in [2.45, 2.75) is 6.04 Å². The number of ether oxygens (including phenoxy) is 2. The lowest BCUT2D eigenvalue weighted by Crippen LogP contribution is -2.15. The molecule has 2 rings (SSSR count). The van der Waals surface area contributed by atoms with Crippen LogP contribution in [0.25, 0.3) is 0 Å². The molecule has 4 nitrogen and oxygen atoms in total. The van der Waals surface area contributed by atoms with Gasteiger partial charge in [0.15, 0.2) is 0 Å². The van der Waals surface area contributed by atoms with E-state index in [0.29, 0.717) is 0 Å². The number of nitrogens with one attached hydrogen (secondary N) is 1. The molecule has 0 fully saturated rings. The average Bonchev–Trinajstić information content (AvgIpc) is 2.52. The number of aliphatic hydroxyl groups is 1. The van der Waals surface area contributed by atoms with Crippen LogP contribution in [0.2, 0.25) is 0 Å². The van der Waals surface area contributed by atoms with Gasteiger partial charge in [0.1, 0.15) is 11.5 Å². The van der Waals surface area contributed by atoms with Crippen molar-refractivity contribution in [1.29, 1.82) is 0 Å². The van der Waals surface area contributed by atoms with Crippen molar-refractivity contribution in [3.63, 3.8) is 0 Å². The molecule has 0 aliphatic carbocycles. The van der Waals surface area contributed by atoms with Crippen LogP contribution in [0.15, 0.2) is 46.9 Å². The van der Waals surface area contributed by atoms with Crippen LogP contribution in [0, 0.1) is 0 Å². The molecule has 0 saturated heterocycles. The number of halogens is 1. The molecule has 0 saturated carbocycles. The predicted octanol–water partition coefficient (Wildman–Crippen LogP) is 3.61. The third kappa shape index (κ3) is 3.68. The third-order valence-electron chi connectivity index (χ3n) is 3.20. The minimum Gasteiger partial charge on any atom is -0.496 e. The molecule has 21 heavy (non-hydrogen) atoms. The molecule has 0 radical (unpaired) electrons. The number of anilines is 1. The first kappa shape index (κ1) is 15.7. The summed E-state index contributed by atoms with van der Waals surface area (Å²) in [6.45, 7) is -0.0309. The summed E-state index contributed by atoms with van der Waals surface area (Å²) in [5, 5.41) is 13.0. The zero-order chi connectivity index (χ0) is 15.2. The standard InChI is InChI=1S/C16H18BrNO3/c1-20-15-8-7-11(9-12(15)17)14(10-19)18-13-5-3-4-6-16(13)21-2/h3-9,14,18-19H,10H2,1-2H3. The Morgan fingerprint density at radius 2 is 1.81 bits per heavy atom. The fraction of sp³-hybridized carbons (Fsp3) is 0.250. The van der Waals surface area contributed by atoms with E-state index in [4.69, 9.17) is 9.47 Å². The summed E-state index contributed by atoms with van der Waals surface area (Å²) < 4.78 is 11.4. The molecule has 0 amide bonds. The van der Waals surface area contributed by atoms with Crippen molar-refractivity contribution in [3.8, 4) is 11.5 Å². The molecular formula is C16H18BrNO3. The molecule has 1 unspecified atom stereocenters. The average molecular weight is 352 g/mol. The van der Waals surface area contributed by atoms with Crippen LogP contribution in [0.1, 0.15) is 11.6 Å². The summed E-state index contributed by atoms with van der Waals surface area (Å²) >= 11 is 3.46. The number of hydrogen-bond donors (Lipinski definition) is 2. The highest BCUT2D eigenvalue weighted by Gasteiger charge is 2.14. The summed E-state index contributed by atoms with van der Waals surface area (Å²) in [4.78, 5) is 0. The Kier molecular flexibility index (Phi) is 5.47. The van der Waals surface area contributed by atoms with Crippen molar-refractivity contribution in [2.75, 3.05) is 26.1 Å². The van der Waals surface area contributed by atoms with Gasteiger partial charge >= 0.3 is 0 Å². The summed E-state index contributed by atoms with van der Waals surface area (Å²) in [6.07, 6.45) is 0. The second kappa shape index (κ2) is 7.33. The summed E-state index contributed by atoms with van der Waals surface area (Å²) in [5.74, 6) is 1.50. The Labute approximate surface area is 132 Å². The highest BCUT2D eigenvalue weighted by molar-refractivity contribution is 9.10. The lowest BCUT2D eigenvalue weighted by atomic mass is 10.1. The minimum atomic E-state index is -0.233. The van der Waals surface area contributed by atoms with Gasteiger partial charge in [-0.05, 0) is 45.8 Å². The van der Waals surface area contributed by atoms with E-state index in [0.717, 1.165) is 27.2 Å². The van der Waals surface area contributed by atoms with Crippen LogP contribution in [-0.4, -0.2) is 25.9 Å². The van der Waals surface area contributed by atoms with E-state index in [1.165, 1.54) is 0 Å². The van der Waals surface area contributed by atoms with Crippen molar-refractivity contribution in [2.24, 2.45) is 0 Å². The van der Waals surface area contributed by atoms with Gasteiger partial charge in [-0.15, -0.1) is 0 Å². The maximum Gasteiger partial charge on any atom is 0.141 e. The number of hydrogen-bond acceptors (Lipinski definition) is 4. The number of rotatable bonds is 6. The van der Waals surface area contributed by atoms with Gasteiger partial charge in [0.25, 0.3) is 0 Å². The first-order valence-electron chi connectivity index (χ1n) is 6.53. The van der Waals surface area contributed by atoms with E-state index in [1.54, 1.807) is 14.2 Å². The molecule has 0 heterocycles. The maximum absolute atomic E-state index is 9.67. The molecule has 2 aromatic carbocycles. The van der Waals surface area contributed by atoms with Crippen molar-refractivity contribution >= 4 is 21.6 Å². The van der Waals surface area contributed by atoms with Crippen molar-refractivity contribution < 1.29 is 14.6 Å². The monoisotopic (exact) mass is 351 g/mol. The van der Waals surface area contributed by atoms with Crippen molar-refractivity contribution in [3.05, 3.63) is 52.5 Å². The molecule has 0 aliphatic heterocycles. The first-order valence-corrected chi connectivity index (χ1v) is 7.32. The highest BCUT2D eigenvalue weighted by atomic mass is 79.9. The Balaban J connectivity index is 2.25. The topological polar surface area (TPSA) is 50.7 Å². The van der Waals surface area contributed by atoms with Gasteiger partial charge in [0.2, 0.25) is 0 Å². The van der Waals surface area contributed by atoms with Crippen LogP contribution >= 0.6 is 15.9 Å². The Morgan fingerprint density at radius 3 is 2.43 bits per heavy atom. The number of benzene rings is 2. The Bertz CT molecular complexity index is 604. The van der Waals surface area contributed by atoms with E-state index in [2.05, 4.69) is 21.2 Å². The van der Waals surface area contributed by atoms with Crippen molar-refractivity contribution in [1.82, 2.24) is 0 Å². The molecule has 5 heteroatoms. The highest BCUT2D eigenvalue weighted by Crippen LogP contribution is 2.31. The second-order valence-electron chi connectivity index (χ2n) is 4.47. The minimum absolute atomic E-state index is 0.0309. The number of methoxy groups -OCH3 is 2. The summed E-state index contributed by atoms with van der Waals surface area (Å²) in [6, 6.07) is 13.1. The number of para-hydroxylation sites is 2. The van der Waals surface area contributed by atoms with Crippen LogP contribution in [0.5, 0.6) is 11.5 Å². The van der Waals surface area contributed by atoms with E-state index in [1.807, 2.05) is 42.5 Å². The molecule has 0 aromatic heterocycles. The van der Waals surface area contributed by atoms with E-state index >= 15 is 0 Å². The summed E-state index contributed by atoms with van der Waals surface area (Å²) in [7, 11) is 3.24. The largest absolute Gasteiger partial charge is 0.496 e. The molecule has 1 atom stereocenters. The molecule has 112 valence electrons. The molecule has 2 aromatic rings. The molecule has 0 aliphatic rings. The smallest absolute Gasteiger partial charge is 0.141 e. The summed E-state index contributed by atoms with van der Waals surface area (Å²) in [5.41, 5.74) is 1.79. The van der Waals surface area contributed by atoms with Crippen LogP contribution < -0.4 is 14.8 Å². The van der Waals surface area contributed by atoms with Gasteiger partial charge in [0, 0.05) is 0 Å². The van der Waals surface area contributed by atoms with E-state index in [-0.39, 0.29) is 12.6 Å². The molecule has 2 N–H and O–H groups in total. The molecule has 0 spiro atoms. The zero-order valence-electron chi connectivity index (χ0n) is 12.0. The Hall–Kier alpha value is -1.72. The normalized spacial score (nSPS) is 11.8. The lowest BCUT2D eigenvalue weighted by molar-refractivity contribution is 0.276. The van der Waals surface area contributed by atoms with Gasteiger partial charge in [-0.3, -0.25) is 0 Å². The zero-order valence-corrected chi connectivity index (χ0v) is 13.6. The number of aliphatic hydroxyl groups excluding tert-OH is 1. The van der Waals surface area contributed by atoms with E-state index in [9.17, 15) is 5.11 Å². The first-order chi connectivity index (χ1) is 10.2. The SMILES string of the molecule is COc1ccc(C(CO)Nc2ccccc2OC)cc1Br. The van der Waals surface area contributed by atoms with Gasteiger partial charge in [-0.1, -0.05) is 18.2 Å². The van der Waals surface area contributed by atoms with Gasteiger partial charge in [-0.2, -0.15) is 0 Å². The third-order valence-corrected chi connectivity index (χ3v) is 3.82. The molecular weight excluding hydrogens is 334 g/mol. The van der Waals surface area contributed by atoms with Gasteiger partial charge < -0.3 is 19.9 Å². The molecule has 0 bridgehead atoms.